The maximum Gasteiger partial charge on any atom is 0.418 e. The smallest absolute Gasteiger partial charge is 0.321 e. The lowest BCUT2D eigenvalue weighted by Gasteiger charge is -2.18. The van der Waals surface area contributed by atoms with Crippen molar-refractivity contribution in [3.05, 3.63) is 63.8 Å². The molecule has 8 heteroatoms. The molecule has 1 heterocycles. The van der Waals surface area contributed by atoms with Gasteiger partial charge in [0.05, 0.1) is 27.0 Å². The number of amides is 1. The standard InChI is InChI=1S/C17H16ClF3N2OS/c1-2-9-23(10-12-7-8-15(18)25-12)11-16(24)22-14-6-4-3-5-13(14)17(19,20)21/h2-8H,1,9-11H2,(H,22,24)/p+1. The van der Waals surface area contributed by atoms with E-state index in [1.54, 1.807) is 12.1 Å². The van der Waals surface area contributed by atoms with E-state index in [4.69, 9.17) is 11.6 Å². The first-order valence-corrected chi connectivity index (χ1v) is 8.64. The van der Waals surface area contributed by atoms with Gasteiger partial charge in [0.15, 0.2) is 6.54 Å². The second kappa shape index (κ2) is 8.51. The number of anilines is 1. The van der Waals surface area contributed by atoms with E-state index >= 15 is 0 Å². The second-order valence-corrected chi connectivity index (χ2v) is 7.19. The molecule has 0 fully saturated rings. The molecule has 3 nitrogen and oxygen atoms in total. The molecular weight excluding hydrogens is 373 g/mol. The number of halogens is 4. The number of carbonyl (C=O) groups is 1. The summed E-state index contributed by atoms with van der Waals surface area (Å²) in [5.41, 5.74) is -1.10. The predicted molar refractivity (Wildman–Crippen MR) is 94.0 cm³/mol. The number of benzene rings is 1. The van der Waals surface area contributed by atoms with Crippen molar-refractivity contribution in [3.8, 4) is 0 Å². The lowest BCUT2D eigenvalue weighted by Crippen LogP contribution is -3.11. The van der Waals surface area contributed by atoms with Gasteiger partial charge >= 0.3 is 6.18 Å². The largest absolute Gasteiger partial charge is 0.418 e. The van der Waals surface area contributed by atoms with Gasteiger partial charge in [-0.2, -0.15) is 13.2 Å². The summed E-state index contributed by atoms with van der Waals surface area (Å²) < 4.78 is 39.6. The average Bonchev–Trinajstić information content (AvgIpc) is 2.92. The molecule has 0 spiro atoms. The summed E-state index contributed by atoms with van der Waals surface area (Å²) in [5.74, 6) is -0.490. The molecule has 0 saturated carbocycles. The molecule has 2 aromatic rings. The Morgan fingerprint density at radius 1 is 1.28 bits per heavy atom. The fourth-order valence-corrected chi connectivity index (χ4v) is 3.52. The van der Waals surface area contributed by atoms with Crippen LogP contribution in [0.1, 0.15) is 10.4 Å². The van der Waals surface area contributed by atoms with Gasteiger partial charge in [0.25, 0.3) is 5.91 Å². The summed E-state index contributed by atoms with van der Waals surface area (Å²) >= 11 is 7.31. The van der Waals surface area contributed by atoms with Crippen LogP contribution in [-0.4, -0.2) is 19.0 Å². The third-order valence-electron chi connectivity index (χ3n) is 3.40. The molecule has 1 atom stereocenters. The van der Waals surface area contributed by atoms with E-state index in [9.17, 15) is 18.0 Å². The zero-order valence-corrected chi connectivity index (χ0v) is 14.8. The number of rotatable bonds is 7. The maximum atomic E-state index is 13.0. The van der Waals surface area contributed by atoms with E-state index in [2.05, 4.69) is 11.9 Å². The number of alkyl halides is 3. The highest BCUT2D eigenvalue weighted by Gasteiger charge is 2.33. The lowest BCUT2D eigenvalue weighted by molar-refractivity contribution is -0.899. The van der Waals surface area contributed by atoms with E-state index in [1.807, 2.05) is 6.07 Å². The minimum atomic E-state index is -4.52. The first-order valence-electron chi connectivity index (χ1n) is 7.44. The molecule has 2 rings (SSSR count). The quantitative estimate of drug-likeness (QED) is 0.697. The van der Waals surface area contributed by atoms with Gasteiger partial charge in [0.1, 0.15) is 6.54 Å². The number of nitrogens with one attached hydrogen (secondary N) is 2. The van der Waals surface area contributed by atoms with E-state index < -0.39 is 17.6 Å². The summed E-state index contributed by atoms with van der Waals surface area (Å²) in [4.78, 5) is 14.1. The maximum absolute atomic E-state index is 13.0. The molecular formula is C17H17ClF3N2OS+. The van der Waals surface area contributed by atoms with E-state index in [1.165, 1.54) is 29.5 Å². The van der Waals surface area contributed by atoms with E-state index in [0.717, 1.165) is 15.8 Å². The molecule has 1 amide bonds. The summed E-state index contributed by atoms with van der Waals surface area (Å²) in [5, 5.41) is 2.36. The van der Waals surface area contributed by atoms with Crippen molar-refractivity contribution >= 4 is 34.5 Å². The van der Waals surface area contributed by atoms with Crippen LogP contribution >= 0.6 is 22.9 Å². The fraction of sp³-hybridized carbons (Fsp3) is 0.235. The highest BCUT2D eigenvalue weighted by atomic mass is 35.5. The van der Waals surface area contributed by atoms with Crippen LogP contribution in [0.15, 0.2) is 49.1 Å². The van der Waals surface area contributed by atoms with E-state index in [0.29, 0.717) is 17.4 Å². The first kappa shape index (κ1) is 19.5. The number of thiophene rings is 1. The highest BCUT2D eigenvalue weighted by molar-refractivity contribution is 7.16. The lowest BCUT2D eigenvalue weighted by atomic mass is 10.1. The zero-order valence-electron chi connectivity index (χ0n) is 13.2. The Morgan fingerprint density at radius 2 is 2.00 bits per heavy atom. The van der Waals surface area contributed by atoms with Gasteiger partial charge in [-0.15, -0.1) is 11.3 Å². The molecule has 0 aliphatic heterocycles. The van der Waals surface area contributed by atoms with Gasteiger partial charge in [-0.1, -0.05) is 30.3 Å². The number of hydrogen-bond donors (Lipinski definition) is 2. The van der Waals surface area contributed by atoms with Gasteiger partial charge in [-0.05, 0) is 30.3 Å². The second-order valence-electron chi connectivity index (χ2n) is 5.39. The van der Waals surface area contributed by atoms with Crippen LogP contribution < -0.4 is 10.2 Å². The first-order chi connectivity index (χ1) is 11.8. The van der Waals surface area contributed by atoms with Crippen molar-refractivity contribution in [2.45, 2.75) is 12.7 Å². The SMILES string of the molecule is C=CC[NH+](CC(=O)Nc1ccccc1C(F)(F)F)Cc1ccc(Cl)s1. The topological polar surface area (TPSA) is 33.5 Å². The van der Waals surface area contributed by atoms with Crippen molar-refractivity contribution in [1.82, 2.24) is 0 Å². The number of hydrogen-bond acceptors (Lipinski definition) is 2. The van der Waals surface area contributed by atoms with Crippen LogP contribution in [0, 0.1) is 0 Å². The molecule has 0 bridgehead atoms. The van der Waals surface area contributed by atoms with Crippen LogP contribution in [0.25, 0.3) is 0 Å². The predicted octanol–water partition coefficient (Wildman–Crippen LogP) is 3.63. The van der Waals surface area contributed by atoms with Gasteiger partial charge in [0.2, 0.25) is 0 Å². The molecule has 0 aliphatic carbocycles. The number of quaternary nitrogens is 1. The van der Waals surface area contributed by atoms with Crippen LogP contribution in [0.4, 0.5) is 18.9 Å². The average molecular weight is 390 g/mol. The van der Waals surface area contributed by atoms with Crippen molar-refractivity contribution < 1.29 is 22.9 Å². The Bertz CT molecular complexity index is 745. The normalized spacial score (nSPS) is 12.6. The van der Waals surface area contributed by atoms with E-state index in [-0.39, 0.29) is 12.2 Å². The van der Waals surface area contributed by atoms with Crippen molar-refractivity contribution in [3.63, 3.8) is 0 Å². The third kappa shape index (κ3) is 5.88. The molecule has 0 saturated heterocycles. The van der Waals surface area contributed by atoms with Gasteiger partial charge in [-0.3, -0.25) is 4.79 Å². The molecule has 25 heavy (non-hydrogen) atoms. The Balaban J connectivity index is 2.05. The highest BCUT2D eigenvalue weighted by Crippen LogP contribution is 2.34. The molecule has 134 valence electrons. The monoisotopic (exact) mass is 389 g/mol. The van der Waals surface area contributed by atoms with Crippen molar-refractivity contribution in [1.29, 1.82) is 0 Å². The molecule has 1 aromatic carbocycles. The van der Waals surface area contributed by atoms with Crippen molar-refractivity contribution in [2.24, 2.45) is 0 Å². The Labute approximate surface area is 152 Å². The van der Waals surface area contributed by atoms with Crippen LogP contribution in [-0.2, 0) is 17.5 Å². The van der Waals surface area contributed by atoms with Gasteiger partial charge in [0, 0.05) is 0 Å². The Morgan fingerprint density at radius 3 is 2.60 bits per heavy atom. The third-order valence-corrected chi connectivity index (χ3v) is 4.63. The molecule has 2 N–H and O–H groups in total. The van der Waals surface area contributed by atoms with Crippen LogP contribution in [0.5, 0.6) is 0 Å². The molecule has 0 aliphatic rings. The molecule has 1 unspecified atom stereocenters. The van der Waals surface area contributed by atoms with Crippen molar-refractivity contribution in [2.75, 3.05) is 18.4 Å². The summed E-state index contributed by atoms with van der Waals surface area (Å²) in [7, 11) is 0. The number of carbonyl (C=O) groups excluding carboxylic acids is 1. The molecule has 0 radical (unpaired) electrons. The minimum absolute atomic E-state index is 0.0216. The summed E-state index contributed by atoms with van der Waals surface area (Å²) in [6.07, 6.45) is -2.85. The van der Waals surface area contributed by atoms with Gasteiger partial charge in [-0.25, -0.2) is 0 Å². The minimum Gasteiger partial charge on any atom is -0.321 e. The van der Waals surface area contributed by atoms with Crippen LogP contribution in [0.2, 0.25) is 4.34 Å². The summed E-state index contributed by atoms with van der Waals surface area (Å²) in [6, 6.07) is 8.56. The summed E-state index contributed by atoms with van der Waals surface area (Å²) in [6.45, 7) is 4.73. The zero-order chi connectivity index (χ0) is 18.4. The molecule has 1 aromatic heterocycles. The van der Waals surface area contributed by atoms with Crippen LogP contribution in [0.3, 0.4) is 0 Å². The van der Waals surface area contributed by atoms with Gasteiger partial charge < -0.3 is 10.2 Å². The Hall–Kier alpha value is -1.83. The Kier molecular flexibility index (Phi) is 6.64. The number of para-hydroxylation sites is 1. The fourth-order valence-electron chi connectivity index (χ4n) is 2.36.